The molecule has 0 unspecified atom stereocenters. The Kier molecular flexibility index (Phi) is 4.40. The molecule has 0 heterocycles. The van der Waals surface area contributed by atoms with Gasteiger partial charge in [0.25, 0.3) is 0 Å². The summed E-state index contributed by atoms with van der Waals surface area (Å²) in [6.45, 7) is 5.55. The number of ether oxygens (including phenoxy) is 1. The molecule has 0 fully saturated rings. The number of benzene rings is 1. The Morgan fingerprint density at radius 3 is 2.50 bits per heavy atom. The van der Waals surface area contributed by atoms with Crippen LogP contribution in [0.3, 0.4) is 0 Å². The highest BCUT2D eigenvalue weighted by atomic mass is 19.4. The van der Waals surface area contributed by atoms with Crippen molar-refractivity contribution in [3.05, 3.63) is 41.5 Å². The second kappa shape index (κ2) is 5.44. The number of hydrogen-bond acceptors (Lipinski definition) is 2. The van der Waals surface area contributed by atoms with E-state index >= 15 is 0 Å². The molecule has 0 saturated heterocycles. The Hall–Kier alpha value is -1.49. The zero-order chi connectivity index (χ0) is 13.9. The van der Waals surface area contributed by atoms with Crippen molar-refractivity contribution >= 4 is 0 Å². The molecule has 0 aliphatic rings. The molecule has 0 aromatic heterocycles. The van der Waals surface area contributed by atoms with E-state index in [2.05, 4.69) is 6.58 Å². The molecule has 18 heavy (non-hydrogen) atoms. The Labute approximate surface area is 104 Å². The number of alkyl halides is 3. The van der Waals surface area contributed by atoms with E-state index in [0.29, 0.717) is 12.0 Å². The second-order valence-electron chi connectivity index (χ2n) is 4.22. The molecular weight excluding hydrogens is 243 g/mol. The summed E-state index contributed by atoms with van der Waals surface area (Å²) in [5.41, 5.74) is 6.58. The van der Waals surface area contributed by atoms with Crippen LogP contribution in [0, 0.1) is 0 Å². The van der Waals surface area contributed by atoms with Gasteiger partial charge in [-0.25, -0.2) is 0 Å². The Morgan fingerprint density at radius 2 is 2.06 bits per heavy atom. The molecular formula is C13H16F3NO. The van der Waals surface area contributed by atoms with Gasteiger partial charge in [0, 0.05) is 11.6 Å². The van der Waals surface area contributed by atoms with Gasteiger partial charge in [0.1, 0.15) is 5.75 Å². The molecule has 100 valence electrons. The lowest BCUT2D eigenvalue weighted by Gasteiger charge is -2.17. The summed E-state index contributed by atoms with van der Waals surface area (Å²) in [7, 11) is 1.33. The third kappa shape index (κ3) is 3.50. The highest BCUT2D eigenvalue weighted by Crippen LogP contribution is 2.35. The van der Waals surface area contributed by atoms with Crippen molar-refractivity contribution in [2.75, 3.05) is 7.11 Å². The monoisotopic (exact) mass is 259 g/mol. The fraction of sp³-hybridized carbons (Fsp3) is 0.385. The smallest absolute Gasteiger partial charge is 0.416 e. The Bertz CT molecular complexity index is 440. The quantitative estimate of drug-likeness (QED) is 0.837. The van der Waals surface area contributed by atoms with E-state index < -0.39 is 17.8 Å². The van der Waals surface area contributed by atoms with E-state index in [4.69, 9.17) is 10.5 Å². The first kappa shape index (κ1) is 14.6. The highest BCUT2D eigenvalue weighted by molar-refractivity contribution is 5.41. The van der Waals surface area contributed by atoms with Gasteiger partial charge in [-0.05, 0) is 25.5 Å². The van der Waals surface area contributed by atoms with Gasteiger partial charge >= 0.3 is 6.18 Å². The molecule has 0 bridgehead atoms. The van der Waals surface area contributed by atoms with Crippen LogP contribution < -0.4 is 10.5 Å². The molecule has 0 spiro atoms. The second-order valence-corrected chi connectivity index (χ2v) is 4.22. The molecule has 1 aromatic rings. The van der Waals surface area contributed by atoms with Crippen molar-refractivity contribution in [2.45, 2.75) is 25.6 Å². The lowest BCUT2D eigenvalue weighted by molar-refractivity contribution is -0.137. The predicted molar refractivity (Wildman–Crippen MR) is 64.4 cm³/mol. The van der Waals surface area contributed by atoms with Crippen molar-refractivity contribution < 1.29 is 17.9 Å². The third-order valence-corrected chi connectivity index (χ3v) is 2.53. The van der Waals surface area contributed by atoms with Crippen LogP contribution >= 0.6 is 0 Å². The van der Waals surface area contributed by atoms with Crippen molar-refractivity contribution in [3.8, 4) is 5.75 Å². The molecule has 0 aliphatic carbocycles. The number of methoxy groups -OCH3 is 1. The van der Waals surface area contributed by atoms with Crippen LogP contribution in [-0.4, -0.2) is 7.11 Å². The largest absolute Gasteiger partial charge is 0.496 e. The van der Waals surface area contributed by atoms with Crippen LogP contribution in [0.1, 0.15) is 30.5 Å². The van der Waals surface area contributed by atoms with Gasteiger partial charge in [0.15, 0.2) is 0 Å². The van der Waals surface area contributed by atoms with Gasteiger partial charge in [0.05, 0.1) is 12.7 Å². The SMILES string of the molecule is C=C(C)C[C@H](N)c1ccc(C(F)(F)F)cc1OC. The molecule has 2 nitrogen and oxygen atoms in total. The van der Waals surface area contributed by atoms with Crippen molar-refractivity contribution in [3.63, 3.8) is 0 Å². The van der Waals surface area contributed by atoms with Gasteiger partial charge in [-0.1, -0.05) is 11.6 Å². The summed E-state index contributed by atoms with van der Waals surface area (Å²) < 4.78 is 42.6. The van der Waals surface area contributed by atoms with Crippen molar-refractivity contribution in [2.24, 2.45) is 5.73 Å². The fourth-order valence-corrected chi connectivity index (χ4v) is 1.68. The number of halogens is 3. The maximum atomic E-state index is 12.5. The molecule has 0 amide bonds. The minimum atomic E-state index is -4.38. The first-order valence-electron chi connectivity index (χ1n) is 5.40. The van der Waals surface area contributed by atoms with Gasteiger partial charge in [-0.3, -0.25) is 0 Å². The average Bonchev–Trinajstić information content (AvgIpc) is 2.26. The lowest BCUT2D eigenvalue weighted by Crippen LogP contribution is -2.13. The molecule has 0 aliphatic heterocycles. The van der Waals surface area contributed by atoms with Gasteiger partial charge < -0.3 is 10.5 Å². The number of nitrogens with two attached hydrogens (primary N) is 1. The molecule has 1 aromatic carbocycles. The maximum Gasteiger partial charge on any atom is 0.416 e. The summed E-state index contributed by atoms with van der Waals surface area (Å²) in [5.74, 6) is 0.151. The van der Waals surface area contributed by atoms with E-state index in [1.54, 1.807) is 0 Å². The van der Waals surface area contributed by atoms with E-state index in [-0.39, 0.29) is 5.75 Å². The summed E-state index contributed by atoms with van der Waals surface area (Å²) in [6, 6.07) is 2.92. The lowest BCUT2D eigenvalue weighted by atomic mass is 9.98. The summed E-state index contributed by atoms with van der Waals surface area (Å²) in [4.78, 5) is 0. The molecule has 1 rings (SSSR count). The van der Waals surface area contributed by atoms with E-state index in [1.807, 2.05) is 6.92 Å². The van der Waals surface area contributed by atoms with Gasteiger partial charge in [-0.15, -0.1) is 6.58 Å². The minimum absolute atomic E-state index is 0.151. The van der Waals surface area contributed by atoms with Crippen molar-refractivity contribution in [1.82, 2.24) is 0 Å². The van der Waals surface area contributed by atoms with E-state index in [1.165, 1.54) is 13.2 Å². The normalized spacial score (nSPS) is 13.2. The minimum Gasteiger partial charge on any atom is -0.496 e. The highest BCUT2D eigenvalue weighted by Gasteiger charge is 2.31. The summed E-state index contributed by atoms with van der Waals surface area (Å²) in [6.07, 6.45) is -3.88. The van der Waals surface area contributed by atoms with Gasteiger partial charge in [0.2, 0.25) is 0 Å². The fourth-order valence-electron chi connectivity index (χ4n) is 1.68. The summed E-state index contributed by atoms with van der Waals surface area (Å²) >= 11 is 0. The van der Waals surface area contributed by atoms with Crippen LogP contribution in [0.5, 0.6) is 5.75 Å². The number of hydrogen-bond donors (Lipinski definition) is 1. The topological polar surface area (TPSA) is 35.2 Å². The predicted octanol–water partition coefficient (Wildman–Crippen LogP) is 3.68. The average molecular weight is 259 g/mol. The van der Waals surface area contributed by atoms with E-state index in [0.717, 1.165) is 17.7 Å². The molecule has 2 N–H and O–H groups in total. The van der Waals surface area contributed by atoms with Crippen molar-refractivity contribution in [1.29, 1.82) is 0 Å². The first-order chi connectivity index (χ1) is 8.25. The van der Waals surface area contributed by atoms with Crippen LogP contribution in [0.4, 0.5) is 13.2 Å². The molecule has 0 saturated carbocycles. The van der Waals surface area contributed by atoms with Gasteiger partial charge in [-0.2, -0.15) is 13.2 Å². The Balaban J connectivity index is 3.11. The number of rotatable bonds is 4. The summed E-state index contributed by atoms with van der Waals surface area (Å²) in [5, 5.41) is 0. The zero-order valence-electron chi connectivity index (χ0n) is 10.3. The van der Waals surface area contributed by atoms with Crippen LogP contribution in [0.25, 0.3) is 0 Å². The third-order valence-electron chi connectivity index (χ3n) is 2.53. The van der Waals surface area contributed by atoms with Crippen LogP contribution in [-0.2, 0) is 6.18 Å². The molecule has 5 heteroatoms. The van der Waals surface area contributed by atoms with E-state index in [9.17, 15) is 13.2 Å². The standard InChI is InChI=1S/C13H16F3NO/c1-8(2)6-11(17)10-5-4-9(13(14,15)16)7-12(10)18-3/h4-5,7,11H,1,6,17H2,2-3H3/t11-/m0/s1. The molecule has 1 atom stereocenters. The maximum absolute atomic E-state index is 12.5. The molecule has 0 radical (unpaired) electrons. The zero-order valence-corrected chi connectivity index (χ0v) is 10.3. The first-order valence-corrected chi connectivity index (χ1v) is 5.40. The Morgan fingerprint density at radius 1 is 1.44 bits per heavy atom. The van der Waals surface area contributed by atoms with Crippen LogP contribution in [0.15, 0.2) is 30.4 Å². The van der Waals surface area contributed by atoms with Crippen LogP contribution in [0.2, 0.25) is 0 Å².